The number of amides is 1. The number of ether oxygens (including phenoxy) is 1. The van der Waals surface area contributed by atoms with Crippen molar-refractivity contribution in [1.82, 2.24) is 4.72 Å². The summed E-state index contributed by atoms with van der Waals surface area (Å²) < 4.78 is 60.0. The summed E-state index contributed by atoms with van der Waals surface area (Å²) in [6.45, 7) is 3.11. The number of nitrogens with one attached hydrogen (secondary N) is 1. The summed E-state index contributed by atoms with van der Waals surface area (Å²) in [7, 11) is -6.50. The van der Waals surface area contributed by atoms with Gasteiger partial charge in [-0.25, -0.2) is 25.9 Å². The van der Waals surface area contributed by atoms with Crippen molar-refractivity contribution < 1.29 is 26.4 Å². The van der Waals surface area contributed by atoms with E-state index in [0.717, 1.165) is 38.5 Å². The molecule has 1 aromatic rings. The van der Waals surface area contributed by atoms with Crippen molar-refractivity contribution in [3.63, 3.8) is 0 Å². The zero-order valence-corrected chi connectivity index (χ0v) is 18.6. The summed E-state index contributed by atoms with van der Waals surface area (Å²) in [5, 5.41) is 0. The van der Waals surface area contributed by atoms with Gasteiger partial charge in [-0.05, 0) is 44.9 Å². The minimum absolute atomic E-state index is 0.00242. The fourth-order valence-corrected chi connectivity index (χ4v) is 7.54. The highest BCUT2D eigenvalue weighted by molar-refractivity contribution is 7.94. The smallest absolute Gasteiger partial charge is 0.247 e. The van der Waals surface area contributed by atoms with Gasteiger partial charge in [0, 0.05) is 6.04 Å². The first-order valence-electron chi connectivity index (χ1n) is 9.76. The van der Waals surface area contributed by atoms with Crippen LogP contribution in [0, 0.1) is 5.41 Å². The third-order valence-electron chi connectivity index (χ3n) is 5.43. The number of hydrogen-bond acceptors (Lipinski definition) is 6. The Morgan fingerprint density at radius 1 is 1.14 bits per heavy atom. The first-order valence-corrected chi connectivity index (χ1v) is 12.8. The molecule has 10 heteroatoms. The molecule has 3 rings (SSSR count). The molecule has 1 amide bonds. The van der Waals surface area contributed by atoms with Gasteiger partial charge in [0.15, 0.2) is 0 Å². The lowest BCUT2D eigenvalue weighted by Gasteiger charge is -2.21. The molecule has 1 aliphatic carbocycles. The van der Waals surface area contributed by atoms with Crippen LogP contribution >= 0.6 is 0 Å². The van der Waals surface area contributed by atoms with Crippen LogP contribution < -0.4 is 13.8 Å². The molecular formula is C19H28N2O6S2. The lowest BCUT2D eigenvalue weighted by Crippen LogP contribution is -2.35. The first-order chi connectivity index (χ1) is 13.5. The van der Waals surface area contributed by atoms with Gasteiger partial charge in [-0.15, -0.1) is 0 Å². The van der Waals surface area contributed by atoms with Crippen LogP contribution in [-0.2, 0) is 24.8 Å². The molecule has 1 heterocycles. The Labute approximate surface area is 172 Å². The first kappa shape index (κ1) is 22.0. The Morgan fingerprint density at radius 2 is 1.76 bits per heavy atom. The molecule has 1 aromatic carbocycles. The molecule has 1 N–H and O–H groups in total. The standard InChI is InChI=1S/C19H28N2O6S2/c1-19(2)13-28(23,24)21(18(19)22)15-10-11-16(27-3)17(12-15)29(25,26)20-14-8-6-4-5-7-9-14/h10-12,14,20H,4-9,13H2,1-3H3. The Morgan fingerprint density at radius 3 is 2.28 bits per heavy atom. The number of methoxy groups -OCH3 is 1. The van der Waals surface area contributed by atoms with Crippen LogP contribution in [0.15, 0.2) is 23.1 Å². The monoisotopic (exact) mass is 444 g/mol. The van der Waals surface area contributed by atoms with Crippen molar-refractivity contribution in [1.29, 1.82) is 0 Å². The highest BCUT2D eigenvalue weighted by atomic mass is 32.2. The highest BCUT2D eigenvalue weighted by Gasteiger charge is 2.50. The molecule has 0 aromatic heterocycles. The van der Waals surface area contributed by atoms with Gasteiger partial charge < -0.3 is 4.74 Å². The second kappa shape index (κ2) is 7.88. The normalized spacial score (nSPS) is 22.4. The molecule has 162 valence electrons. The number of sulfonamides is 2. The highest BCUT2D eigenvalue weighted by Crippen LogP contribution is 2.38. The Balaban J connectivity index is 2.00. The fraction of sp³-hybridized carbons (Fsp3) is 0.632. The van der Waals surface area contributed by atoms with Crippen LogP contribution in [0.4, 0.5) is 5.69 Å². The maximum atomic E-state index is 13.1. The molecule has 1 aliphatic heterocycles. The number of rotatable bonds is 5. The molecule has 0 bridgehead atoms. The van der Waals surface area contributed by atoms with E-state index in [1.165, 1.54) is 25.3 Å². The predicted octanol–water partition coefficient (Wildman–Crippen LogP) is 2.40. The summed E-state index contributed by atoms with van der Waals surface area (Å²) in [5.41, 5.74) is -1.07. The Bertz CT molecular complexity index is 994. The fourth-order valence-electron chi connectivity index (χ4n) is 3.94. The van der Waals surface area contributed by atoms with Gasteiger partial charge >= 0.3 is 0 Å². The van der Waals surface area contributed by atoms with Gasteiger partial charge in [-0.1, -0.05) is 25.7 Å². The summed E-state index contributed by atoms with van der Waals surface area (Å²) in [6.07, 6.45) is 5.60. The Hall–Kier alpha value is -1.65. The molecule has 0 atom stereocenters. The third-order valence-corrected chi connectivity index (χ3v) is 8.99. The van der Waals surface area contributed by atoms with Crippen molar-refractivity contribution in [2.75, 3.05) is 17.2 Å². The van der Waals surface area contributed by atoms with Crippen molar-refractivity contribution in [2.24, 2.45) is 5.41 Å². The second-order valence-electron chi connectivity index (χ2n) is 8.35. The molecule has 0 spiro atoms. The maximum Gasteiger partial charge on any atom is 0.247 e. The number of hydrogen-bond donors (Lipinski definition) is 1. The lowest BCUT2D eigenvalue weighted by molar-refractivity contribution is -0.123. The van der Waals surface area contributed by atoms with E-state index in [-0.39, 0.29) is 28.1 Å². The van der Waals surface area contributed by atoms with Gasteiger partial charge in [-0.3, -0.25) is 4.79 Å². The van der Waals surface area contributed by atoms with E-state index in [2.05, 4.69) is 4.72 Å². The van der Waals surface area contributed by atoms with E-state index in [9.17, 15) is 21.6 Å². The number of benzene rings is 1. The average Bonchev–Trinajstić information content (AvgIpc) is 2.80. The Kier molecular flexibility index (Phi) is 5.99. The molecule has 8 nitrogen and oxygen atoms in total. The van der Waals surface area contributed by atoms with Crippen LogP contribution in [-0.4, -0.2) is 41.6 Å². The zero-order valence-electron chi connectivity index (χ0n) is 17.0. The minimum atomic E-state index is -3.96. The van der Waals surface area contributed by atoms with Gasteiger partial charge in [0.1, 0.15) is 10.6 Å². The number of nitrogens with zero attached hydrogens (tertiary/aromatic N) is 1. The lowest BCUT2D eigenvalue weighted by atomic mass is 9.95. The van der Waals surface area contributed by atoms with E-state index in [1.807, 2.05) is 0 Å². The third kappa shape index (κ3) is 4.44. The molecule has 1 saturated heterocycles. The van der Waals surface area contributed by atoms with Crippen molar-refractivity contribution >= 4 is 31.6 Å². The van der Waals surface area contributed by atoms with Gasteiger partial charge in [0.05, 0.1) is 24.0 Å². The van der Waals surface area contributed by atoms with E-state index < -0.39 is 31.4 Å². The van der Waals surface area contributed by atoms with Gasteiger partial charge in [-0.2, -0.15) is 0 Å². The molecule has 2 fully saturated rings. The second-order valence-corrected chi connectivity index (χ2v) is 11.9. The maximum absolute atomic E-state index is 13.1. The van der Waals surface area contributed by atoms with Crippen molar-refractivity contribution in [2.45, 2.75) is 63.3 Å². The number of carbonyl (C=O) groups excluding carboxylic acids is 1. The van der Waals surface area contributed by atoms with Gasteiger partial charge in [0.25, 0.3) is 0 Å². The molecule has 0 unspecified atom stereocenters. The van der Waals surface area contributed by atoms with Crippen molar-refractivity contribution in [3.05, 3.63) is 18.2 Å². The number of carbonyl (C=O) groups is 1. The predicted molar refractivity (Wildman–Crippen MR) is 110 cm³/mol. The summed E-state index contributed by atoms with van der Waals surface area (Å²) in [4.78, 5) is 12.5. The SMILES string of the molecule is COc1ccc(N2C(=O)C(C)(C)CS2(=O)=O)cc1S(=O)(=O)NC1CCCCCC1. The topological polar surface area (TPSA) is 110 Å². The largest absolute Gasteiger partial charge is 0.495 e. The van der Waals surface area contributed by atoms with E-state index in [4.69, 9.17) is 4.74 Å². The molecule has 2 aliphatic rings. The summed E-state index contributed by atoms with van der Waals surface area (Å²) in [5.74, 6) is -0.811. The summed E-state index contributed by atoms with van der Waals surface area (Å²) in [6, 6.07) is 3.80. The van der Waals surface area contributed by atoms with Gasteiger partial charge in [0.2, 0.25) is 26.0 Å². The molecule has 29 heavy (non-hydrogen) atoms. The van der Waals surface area contributed by atoms with E-state index in [1.54, 1.807) is 13.8 Å². The zero-order chi connectivity index (χ0) is 21.4. The molecule has 1 saturated carbocycles. The van der Waals surface area contributed by atoms with Crippen LogP contribution in [0.3, 0.4) is 0 Å². The van der Waals surface area contributed by atoms with Crippen molar-refractivity contribution in [3.8, 4) is 5.75 Å². The minimum Gasteiger partial charge on any atom is -0.495 e. The quantitative estimate of drug-likeness (QED) is 0.699. The molecule has 0 radical (unpaired) electrons. The van der Waals surface area contributed by atoms with Crippen LogP contribution in [0.25, 0.3) is 0 Å². The van der Waals surface area contributed by atoms with E-state index in [0.29, 0.717) is 4.31 Å². The molecular weight excluding hydrogens is 416 g/mol. The van der Waals surface area contributed by atoms with Crippen LogP contribution in [0.1, 0.15) is 52.4 Å². The van der Waals surface area contributed by atoms with Crippen LogP contribution in [0.2, 0.25) is 0 Å². The number of anilines is 1. The van der Waals surface area contributed by atoms with Crippen LogP contribution in [0.5, 0.6) is 5.75 Å². The summed E-state index contributed by atoms with van der Waals surface area (Å²) >= 11 is 0. The average molecular weight is 445 g/mol. The van der Waals surface area contributed by atoms with E-state index >= 15 is 0 Å².